The van der Waals surface area contributed by atoms with Gasteiger partial charge < -0.3 is 14.7 Å². The summed E-state index contributed by atoms with van der Waals surface area (Å²) in [5.74, 6) is 0.518. The molecule has 2 unspecified atom stereocenters. The zero-order valence-electron chi connectivity index (χ0n) is 17.6. The maximum atomic E-state index is 13.5. The van der Waals surface area contributed by atoms with Crippen molar-refractivity contribution in [2.75, 3.05) is 36.8 Å². The maximum Gasteiger partial charge on any atom is 0.246 e. The topological polar surface area (TPSA) is 43.9 Å². The second-order valence-corrected chi connectivity index (χ2v) is 9.83. The quantitative estimate of drug-likeness (QED) is 0.736. The van der Waals surface area contributed by atoms with Crippen molar-refractivity contribution in [3.05, 3.63) is 65.5 Å². The Hall–Kier alpha value is -2.54. The molecule has 7 heteroatoms. The minimum atomic E-state index is -0.416. The number of thioether (sulfide) groups is 1. The van der Waals surface area contributed by atoms with Gasteiger partial charge in [0.15, 0.2) is 0 Å². The summed E-state index contributed by atoms with van der Waals surface area (Å²) >= 11 is 1.73. The molecule has 0 spiro atoms. The summed E-state index contributed by atoms with van der Waals surface area (Å²) in [4.78, 5) is 31.8. The van der Waals surface area contributed by atoms with Crippen LogP contribution in [-0.2, 0) is 14.5 Å². The number of anilines is 1. The summed E-state index contributed by atoms with van der Waals surface area (Å²) in [6, 6.07) is 14.4. The number of amides is 2. The van der Waals surface area contributed by atoms with Gasteiger partial charge in [-0.3, -0.25) is 9.59 Å². The van der Waals surface area contributed by atoms with Gasteiger partial charge in [0.25, 0.3) is 0 Å². The van der Waals surface area contributed by atoms with Crippen LogP contribution in [0.4, 0.5) is 10.1 Å². The van der Waals surface area contributed by atoms with Crippen molar-refractivity contribution in [2.24, 2.45) is 0 Å². The Morgan fingerprint density at radius 1 is 1.03 bits per heavy atom. The molecule has 2 aromatic carbocycles. The number of nitrogens with zero attached hydrogens (tertiary/aromatic N) is 3. The monoisotopic (exact) mass is 439 g/mol. The molecule has 3 fully saturated rings. The first-order valence-electron chi connectivity index (χ1n) is 10.8. The standard InChI is InChI=1S/C24H26FN3O2S/c1-17-2-4-18(5-3-17)24-11-10-22(29)28(24)21(16-31-24)23(30)27-14-12-26(13-15-27)20-8-6-19(25)7-9-20/h2-9,21H,10-16H2,1H3. The predicted molar refractivity (Wildman–Crippen MR) is 120 cm³/mol. The summed E-state index contributed by atoms with van der Waals surface area (Å²) < 4.78 is 13.2. The molecule has 162 valence electrons. The fourth-order valence-electron chi connectivity index (χ4n) is 4.99. The van der Waals surface area contributed by atoms with E-state index in [2.05, 4.69) is 36.1 Å². The molecule has 2 amide bonds. The van der Waals surface area contributed by atoms with E-state index in [0.717, 1.165) is 17.7 Å². The van der Waals surface area contributed by atoms with Gasteiger partial charge in [-0.1, -0.05) is 29.8 Å². The molecular weight excluding hydrogens is 413 g/mol. The lowest BCUT2D eigenvalue weighted by Gasteiger charge is -2.39. The molecular formula is C24H26FN3O2S. The van der Waals surface area contributed by atoms with Gasteiger partial charge in [0.2, 0.25) is 11.8 Å². The van der Waals surface area contributed by atoms with E-state index in [-0.39, 0.29) is 17.6 Å². The van der Waals surface area contributed by atoms with E-state index in [1.54, 1.807) is 23.9 Å². The first-order valence-corrected chi connectivity index (χ1v) is 11.8. The number of halogens is 1. The van der Waals surface area contributed by atoms with Crippen molar-refractivity contribution in [3.63, 3.8) is 0 Å². The van der Waals surface area contributed by atoms with E-state index in [1.807, 2.05) is 9.80 Å². The lowest BCUT2D eigenvalue weighted by Crippen LogP contribution is -2.56. The number of fused-ring (bicyclic) bond motifs is 1. The Morgan fingerprint density at radius 3 is 2.39 bits per heavy atom. The van der Waals surface area contributed by atoms with Crippen molar-refractivity contribution in [1.29, 1.82) is 0 Å². The summed E-state index contributed by atoms with van der Waals surface area (Å²) in [6.07, 6.45) is 1.24. The van der Waals surface area contributed by atoms with E-state index in [9.17, 15) is 14.0 Å². The van der Waals surface area contributed by atoms with Crippen molar-refractivity contribution in [2.45, 2.75) is 30.7 Å². The highest BCUT2D eigenvalue weighted by Crippen LogP contribution is 2.54. The Labute approximate surface area is 186 Å². The van der Waals surface area contributed by atoms with Crippen LogP contribution in [0.2, 0.25) is 0 Å². The van der Waals surface area contributed by atoms with Gasteiger partial charge in [-0.15, -0.1) is 11.8 Å². The fourth-order valence-corrected chi connectivity index (χ4v) is 6.63. The van der Waals surface area contributed by atoms with Gasteiger partial charge in [-0.25, -0.2) is 4.39 Å². The Bertz CT molecular complexity index is 989. The van der Waals surface area contributed by atoms with Gasteiger partial charge in [0.05, 0.1) is 0 Å². The van der Waals surface area contributed by atoms with Crippen LogP contribution in [0.1, 0.15) is 24.0 Å². The molecule has 0 N–H and O–H groups in total. The smallest absolute Gasteiger partial charge is 0.246 e. The molecule has 0 aromatic heterocycles. The molecule has 3 aliphatic rings. The minimum Gasteiger partial charge on any atom is -0.368 e. The Balaban J connectivity index is 1.30. The number of benzene rings is 2. The zero-order chi connectivity index (χ0) is 21.6. The number of aryl methyl sites for hydroxylation is 1. The third kappa shape index (κ3) is 3.49. The molecule has 3 aliphatic heterocycles. The van der Waals surface area contributed by atoms with Crippen molar-refractivity contribution in [1.82, 2.24) is 9.80 Å². The number of hydrogen-bond acceptors (Lipinski definition) is 4. The largest absolute Gasteiger partial charge is 0.368 e. The molecule has 0 aliphatic carbocycles. The Morgan fingerprint density at radius 2 is 1.71 bits per heavy atom. The van der Waals surface area contributed by atoms with Crippen molar-refractivity contribution in [3.8, 4) is 0 Å². The molecule has 0 bridgehead atoms. The number of rotatable bonds is 3. The van der Waals surface area contributed by atoms with E-state index >= 15 is 0 Å². The molecule has 0 radical (unpaired) electrons. The van der Waals surface area contributed by atoms with Crippen LogP contribution in [0.5, 0.6) is 0 Å². The highest BCUT2D eigenvalue weighted by molar-refractivity contribution is 8.00. The summed E-state index contributed by atoms with van der Waals surface area (Å²) in [6.45, 7) is 4.68. The first kappa shape index (κ1) is 20.4. The van der Waals surface area contributed by atoms with E-state index in [4.69, 9.17) is 0 Å². The predicted octanol–water partition coefficient (Wildman–Crippen LogP) is 3.37. The number of carbonyl (C=O) groups is 2. The minimum absolute atomic E-state index is 0.0514. The van der Waals surface area contributed by atoms with E-state index in [0.29, 0.717) is 38.4 Å². The molecule has 3 saturated heterocycles. The van der Waals surface area contributed by atoms with Gasteiger partial charge in [0, 0.05) is 44.0 Å². The fraction of sp³-hybridized carbons (Fsp3) is 0.417. The van der Waals surface area contributed by atoms with Crippen LogP contribution in [0.15, 0.2) is 48.5 Å². The van der Waals surface area contributed by atoms with Crippen LogP contribution < -0.4 is 4.90 Å². The zero-order valence-corrected chi connectivity index (χ0v) is 18.4. The number of piperazine rings is 1. The average molecular weight is 440 g/mol. The number of hydrogen-bond donors (Lipinski definition) is 0. The SMILES string of the molecule is Cc1ccc(C23CCC(=O)N2C(C(=O)N2CCN(c4ccc(F)cc4)CC2)CS3)cc1. The highest BCUT2D eigenvalue weighted by atomic mass is 32.2. The van der Waals surface area contributed by atoms with Gasteiger partial charge in [-0.05, 0) is 43.2 Å². The molecule has 3 heterocycles. The summed E-state index contributed by atoms with van der Waals surface area (Å²) in [7, 11) is 0. The van der Waals surface area contributed by atoms with Crippen LogP contribution in [0, 0.1) is 12.7 Å². The maximum absolute atomic E-state index is 13.5. The highest BCUT2D eigenvalue weighted by Gasteiger charge is 2.57. The van der Waals surface area contributed by atoms with Crippen LogP contribution in [0.25, 0.3) is 0 Å². The molecule has 2 atom stereocenters. The van der Waals surface area contributed by atoms with Crippen LogP contribution >= 0.6 is 11.8 Å². The first-order chi connectivity index (χ1) is 15.0. The van der Waals surface area contributed by atoms with Gasteiger partial charge in [0.1, 0.15) is 16.7 Å². The molecule has 5 nitrogen and oxygen atoms in total. The summed E-state index contributed by atoms with van der Waals surface area (Å²) in [5, 5.41) is 0. The average Bonchev–Trinajstić information content (AvgIpc) is 3.33. The van der Waals surface area contributed by atoms with Crippen LogP contribution in [-0.4, -0.2) is 59.6 Å². The van der Waals surface area contributed by atoms with Gasteiger partial charge >= 0.3 is 0 Å². The molecule has 5 rings (SSSR count). The third-order valence-electron chi connectivity index (χ3n) is 6.70. The summed E-state index contributed by atoms with van der Waals surface area (Å²) in [5.41, 5.74) is 3.27. The molecule has 2 aromatic rings. The lowest BCUT2D eigenvalue weighted by molar-refractivity contribution is -0.144. The second-order valence-electron chi connectivity index (χ2n) is 8.53. The normalized spacial score (nSPS) is 25.8. The third-order valence-corrected chi connectivity index (χ3v) is 8.29. The van der Waals surface area contributed by atoms with Gasteiger partial charge in [-0.2, -0.15) is 0 Å². The van der Waals surface area contributed by atoms with E-state index in [1.165, 1.54) is 17.7 Å². The number of carbonyl (C=O) groups excluding carboxylic acids is 2. The lowest BCUT2D eigenvalue weighted by atomic mass is 10.0. The van der Waals surface area contributed by atoms with E-state index < -0.39 is 10.9 Å². The second kappa shape index (κ2) is 7.86. The molecule has 31 heavy (non-hydrogen) atoms. The molecule has 0 saturated carbocycles. The van der Waals surface area contributed by atoms with Crippen LogP contribution in [0.3, 0.4) is 0 Å². The Kier molecular flexibility index (Phi) is 5.16. The van der Waals surface area contributed by atoms with Crippen molar-refractivity contribution < 1.29 is 14.0 Å². The van der Waals surface area contributed by atoms with Crippen molar-refractivity contribution >= 4 is 29.3 Å².